The van der Waals surface area contributed by atoms with E-state index in [4.69, 9.17) is 55.7 Å². The fourth-order valence-corrected chi connectivity index (χ4v) is 12.8. The molecule has 0 saturated carbocycles. The third-order valence-electron chi connectivity index (χ3n) is 17.7. The first-order valence-corrected chi connectivity index (χ1v) is 45.2. The second kappa shape index (κ2) is 44.1. The van der Waals surface area contributed by atoms with Crippen LogP contribution in [0.15, 0.2) is 205 Å². The number of ether oxygens (including phenoxy) is 2. The van der Waals surface area contributed by atoms with Gasteiger partial charge in [-0.2, -0.15) is 0 Å². The van der Waals surface area contributed by atoms with Gasteiger partial charge >= 0.3 is 7.12 Å². The largest absolute Gasteiger partial charge is 0.488 e. The number of benzene rings is 6. The summed E-state index contributed by atoms with van der Waals surface area (Å²) in [7, 11) is 1.84. The summed E-state index contributed by atoms with van der Waals surface area (Å²) in [6.07, 6.45) is 5.47. The smallest absolute Gasteiger partial charge is 0.423 e. The number of nitrogens with zero attached hydrogens (tertiary/aromatic N) is 11. The molecule has 6 aromatic carbocycles. The van der Waals surface area contributed by atoms with Gasteiger partial charge in [-0.15, -0.1) is 0 Å². The number of aromatic amines is 1. The highest BCUT2D eigenvalue weighted by atomic mass is 79.9. The van der Waals surface area contributed by atoms with Gasteiger partial charge in [0.05, 0.1) is 36.8 Å². The summed E-state index contributed by atoms with van der Waals surface area (Å²) >= 11 is 3.50. The van der Waals surface area contributed by atoms with Crippen molar-refractivity contribution in [1.29, 1.82) is 0 Å². The van der Waals surface area contributed by atoms with Crippen LogP contribution in [-0.2, 0) is 22.9 Å². The van der Waals surface area contributed by atoms with Gasteiger partial charge in [0.2, 0.25) is 0 Å². The molecule has 12 rings (SSSR count). The van der Waals surface area contributed by atoms with Gasteiger partial charge in [0.25, 0.3) is 0 Å². The maximum atomic E-state index is 12.7. The molecule has 0 radical (unpaired) electrons. The van der Waals surface area contributed by atoms with Gasteiger partial charge in [-0.25, -0.2) is 42.7 Å². The molecule has 0 unspecified atom stereocenters. The molecule has 0 saturated heterocycles. The zero-order chi connectivity index (χ0) is 82.2. The lowest BCUT2D eigenvalue weighted by Gasteiger charge is -2.17. The van der Waals surface area contributed by atoms with E-state index in [1.807, 2.05) is 185 Å². The predicted molar refractivity (Wildman–Crippen MR) is 471 cm³/mol. The fraction of sp³-hybridized carbons (Fsp3) is 0.258. The summed E-state index contributed by atoms with van der Waals surface area (Å²) in [6.45, 7) is 38.4. The van der Waals surface area contributed by atoms with Crippen LogP contribution in [-0.4, -0.2) is 149 Å². The molecule has 0 spiro atoms. The number of nitrogens with two attached hydrogens (primary N) is 2. The van der Waals surface area contributed by atoms with Crippen LogP contribution in [0.25, 0.3) is 69.9 Å². The van der Waals surface area contributed by atoms with Crippen LogP contribution >= 0.6 is 15.9 Å². The van der Waals surface area contributed by atoms with Crippen LogP contribution in [0.2, 0.25) is 51.4 Å². The minimum absolute atomic E-state index is 0.363. The Morgan fingerprint density at radius 3 is 1.22 bits per heavy atom. The molecule has 0 bridgehead atoms. The lowest BCUT2D eigenvalue weighted by molar-refractivity contribution is 0.0893. The quantitative estimate of drug-likeness (QED) is 0.0176. The first kappa shape index (κ1) is 88.0. The molecular formula is C89H95BBrF3N14O4Si2. The summed E-state index contributed by atoms with van der Waals surface area (Å²) in [5, 5.41) is 20.3. The van der Waals surface area contributed by atoms with E-state index in [0.29, 0.717) is 75.3 Å². The second-order valence-electron chi connectivity index (χ2n) is 28.9. The standard InChI is InChI=1S/C31H33FN4OSi.C25H19FN4.C24H29BrFN3OSi.C7H6BNO2.C2H8N2/c1-33-28-11-9-25(10-12-28)27-20-26-21-30(15-8-24-6-13-29(14-7-24)35(2)17-16-32)36(31(26)34-22-27)23-37-18-19-38(3,4)5;1-27-22-9-6-19(7-10-22)21-15-20-16-23(29-25(20)28-17-21)8-3-18-4-11-24(12-5-18)30(2)14-13-26;1-28(12-11-26)22-8-5-19(6-9-22)7-10-23-16-20-15-21(25)17-27-24(20)29(23)18-30-13-14-31(2,3)4;1-9-7-4-2-6(3-5-7)8(10)11;3-1-2-4/h6-7,9-14,20-22H,16-19,23H2,2-5H3;4-7,9-12,15-17H,13-14H2,2H3,(H,28,29);5-6,8-9,15-17H,11-14,18H2,1-4H3;2-5,10-11H;1-4H2. The molecule has 6 heterocycles. The molecule has 7 N–H and O–H groups in total. The van der Waals surface area contributed by atoms with Crippen LogP contribution in [0.4, 0.5) is 47.3 Å². The maximum absolute atomic E-state index is 12.7. The van der Waals surface area contributed by atoms with Crippen molar-refractivity contribution in [1.82, 2.24) is 29.1 Å². The summed E-state index contributed by atoms with van der Waals surface area (Å²) in [5.74, 6) is 19.4. The lowest BCUT2D eigenvalue weighted by atomic mass is 9.80. The summed E-state index contributed by atoms with van der Waals surface area (Å²) in [4.78, 5) is 32.8. The Balaban J connectivity index is 0.000000197. The second-order valence-corrected chi connectivity index (χ2v) is 41.0. The average molecular weight is 1630 g/mol. The maximum Gasteiger partial charge on any atom is 0.488 e. The van der Waals surface area contributed by atoms with E-state index >= 15 is 0 Å². The Kier molecular flexibility index (Phi) is 34.0. The lowest BCUT2D eigenvalue weighted by Crippen LogP contribution is -2.29. The van der Waals surface area contributed by atoms with E-state index in [1.165, 1.54) is 12.1 Å². The molecule has 0 amide bonds. The van der Waals surface area contributed by atoms with E-state index in [0.717, 1.165) is 129 Å². The van der Waals surface area contributed by atoms with Crippen molar-refractivity contribution in [2.45, 2.75) is 64.8 Å². The van der Waals surface area contributed by atoms with Crippen LogP contribution in [0, 0.1) is 55.2 Å². The third kappa shape index (κ3) is 27.4. The minimum atomic E-state index is -1.45. The molecule has 0 aliphatic heterocycles. The van der Waals surface area contributed by atoms with Gasteiger partial charge in [0.15, 0.2) is 17.1 Å². The van der Waals surface area contributed by atoms with E-state index in [-0.39, 0.29) is 20.0 Å². The van der Waals surface area contributed by atoms with E-state index < -0.39 is 23.3 Å². The molecule has 18 nitrogen and oxygen atoms in total. The number of anilines is 3. The van der Waals surface area contributed by atoms with Gasteiger partial charge in [0.1, 0.15) is 50.4 Å². The zero-order valence-electron chi connectivity index (χ0n) is 65.8. The van der Waals surface area contributed by atoms with E-state index in [9.17, 15) is 13.2 Å². The molecule has 0 aliphatic rings. The molecule has 12 aromatic rings. The Morgan fingerprint density at radius 2 is 0.842 bits per heavy atom. The number of nitrogens with one attached hydrogen (secondary N) is 1. The zero-order valence-corrected chi connectivity index (χ0v) is 69.4. The number of halogens is 4. The number of alkyl halides is 3. The first-order chi connectivity index (χ1) is 54.8. The molecule has 584 valence electrons. The number of aromatic nitrogens is 6. The van der Waals surface area contributed by atoms with Crippen LogP contribution in [0.1, 0.15) is 33.8 Å². The summed E-state index contributed by atoms with van der Waals surface area (Å²) < 4.78 is 54.8. The SMILES string of the molecule is CN(CCF)c1ccc(C#Cc2cc3cc(Br)cnc3n2COCC[Si](C)(C)C)cc1.NCCN.[C-]#[N+]c1ccc(-c2cnc3[nH]c(C#Cc4ccc(N(C)CCF)cc4)cc3c2)cc1.[C-]#[N+]c1ccc(-c2cnc3c(c2)cc(C#Cc2ccc(N(C)CCF)cc2)n3COCC[Si](C)(C)C)cc1.[C-]#[N+]c1ccc(B(O)O)cc1. The normalized spacial score (nSPS) is 10.6. The number of fused-ring (bicyclic) bond motifs is 3. The molecular weight excluding hydrogens is 1530 g/mol. The minimum Gasteiger partial charge on any atom is -0.423 e. The molecule has 6 aromatic heterocycles. The highest BCUT2D eigenvalue weighted by Gasteiger charge is 2.18. The van der Waals surface area contributed by atoms with Crippen LogP contribution in [0.5, 0.6) is 0 Å². The number of hydrogen-bond acceptors (Lipinski definition) is 12. The molecule has 25 heteroatoms. The Bertz CT molecular complexity index is 5430. The monoisotopic (exact) mass is 1630 g/mol. The van der Waals surface area contributed by atoms with Crippen molar-refractivity contribution in [3.63, 3.8) is 0 Å². The van der Waals surface area contributed by atoms with Gasteiger partial charge in [-0.05, 0) is 172 Å². The van der Waals surface area contributed by atoms with Crippen LogP contribution in [0.3, 0.4) is 0 Å². The highest BCUT2D eigenvalue weighted by Crippen LogP contribution is 2.30. The fourth-order valence-electron chi connectivity index (χ4n) is 11.0. The number of rotatable bonds is 23. The number of H-pyrrole nitrogens is 1. The van der Waals surface area contributed by atoms with Gasteiger partial charge in [-0.1, -0.05) is 130 Å². The Morgan fingerprint density at radius 1 is 0.474 bits per heavy atom. The molecule has 0 aliphatic carbocycles. The van der Waals surface area contributed by atoms with Crippen LogP contribution < -0.4 is 31.6 Å². The Labute approximate surface area is 678 Å². The summed E-state index contributed by atoms with van der Waals surface area (Å²) in [5.41, 5.74) is 26.5. The van der Waals surface area contributed by atoms with Crippen molar-refractivity contribution in [3.05, 3.63) is 273 Å². The van der Waals surface area contributed by atoms with E-state index in [2.05, 4.69) is 138 Å². The molecule has 114 heavy (non-hydrogen) atoms. The predicted octanol–water partition coefficient (Wildman–Crippen LogP) is 17.7. The topological polar surface area (TPSA) is 198 Å². The highest BCUT2D eigenvalue weighted by molar-refractivity contribution is 9.10. The number of hydrogen-bond donors (Lipinski definition) is 5. The third-order valence-corrected chi connectivity index (χ3v) is 21.5. The van der Waals surface area contributed by atoms with Gasteiger partial charge in [-0.3, -0.25) is 9.13 Å². The van der Waals surface area contributed by atoms with Crippen molar-refractivity contribution in [2.24, 2.45) is 11.5 Å². The molecule has 0 atom stereocenters. The van der Waals surface area contributed by atoms with E-state index in [1.54, 1.807) is 30.5 Å². The van der Waals surface area contributed by atoms with Gasteiger partial charge in [0, 0.05) is 167 Å². The first-order valence-electron chi connectivity index (χ1n) is 37.0. The van der Waals surface area contributed by atoms with Crippen molar-refractivity contribution >= 4 is 112 Å². The van der Waals surface area contributed by atoms with Crippen molar-refractivity contribution < 1.29 is 32.7 Å². The van der Waals surface area contributed by atoms with Crippen molar-refractivity contribution in [3.8, 4) is 57.8 Å². The average Bonchev–Trinajstić information content (AvgIpc) is 1.63. The summed E-state index contributed by atoms with van der Waals surface area (Å²) in [6, 6.07) is 59.1. The number of pyridine rings is 3. The van der Waals surface area contributed by atoms with Crippen molar-refractivity contribution in [2.75, 3.05) is 102 Å². The Hall–Kier alpha value is -11.5. The van der Waals surface area contributed by atoms with Gasteiger partial charge < -0.3 is 50.7 Å². The molecule has 0 fully saturated rings.